The number of hydrogen-bond donors (Lipinski definition) is 0. The molecule has 130 valence electrons. The average molecular weight is 317 g/mol. The van der Waals surface area contributed by atoms with E-state index in [0.717, 1.165) is 29.6 Å². The minimum absolute atomic E-state index is 0.332. The molecule has 4 rings (SSSR count). The highest BCUT2D eigenvalue weighted by Gasteiger charge is 2.60. The van der Waals surface area contributed by atoms with Gasteiger partial charge in [0.25, 0.3) is 0 Å². The summed E-state index contributed by atoms with van der Waals surface area (Å²) in [6.07, 6.45) is 12.6. The highest BCUT2D eigenvalue weighted by Crippen LogP contribution is 2.67. The molecule has 4 aliphatic rings. The standard InChI is InChI=1S/C22H36O/c1-14-9-11-21(3)16(13-14)5-6-17-19-8-7-18(15(2)23)22(19,4)12-10-20(17)21/h14,16-20H,5-13H2,1-4H3/t14-,16?,17-,18+,19?,20?,21-,22+/m0/s1. The molecule has 0 aromatic rings. The van der Waals surface area contributed by atoms with E-state index in [4.69, 9.17) is 0 Å². The van der Waals surface area contributed by atoms with Crippen molar-refractivity contribution in [3.63, 3.8) is 0 Å². The predicted molar refractivity (Wildman–Crippen MR) is 95.1 cm³/mol. The number of fused-ring (bicyclic) bond motifs is 5. The Balaban J connectivity index is 1.61. The second-order valence-electron chi connectivity index (χ2n) is 10.3. The van der Waals surface area contributed by atoms with E-state index in [0.29, 0.717) is 22.5 Å². The van der Waals surface area contributed by atoms with Gasteiger partial charge in [0, 0.05) is 5.92 Å². The van der Waals surface area contributed by atoms with Gasteiger partial charge in [0.05, 0.1) is 0 Å². The summed E-state index contributed by atoms with van der Waals surface area (Å²) in [6.45, 7) is 9.45. The first kappa shape index (κ1) is 16.2. The van der Waals surface area contributed by atoms with Crippen LogP contribution >= 0.6 is 0 Å². The molecular weight excluding hydrogens is 280 g/mol. The molecule has 0 aliphatic heterocycles. The molecule has 0 aromatic carbocycles. The van der Waals surface area contributed by atoms with Gasteiger partial charge >= 0.3 is 0 Å². The summed E-state index contributed by atoms with van der Waals surface area (Å²) >= 11 is 0. The molecule has 0 heterocycles. The maximum atomic E-state index is 12.2. The molecule has 8 atom stereocenters. The van der Waals surface area contributed by atoms with Gasteiger partial charge in [0.15, 0.2) is 0 Å². The smallest absolute Gasteiger partial charge is 0.133 e. The van der Waals surface area contributed by atoms with Gasteiger partial charge in [-0.05, 0) is 98.7 Å². The largest absolute Gasteiger partial charge is 0.300 e. The van der Waals surface area contributed by atoms with Crippen LogP contribution in [0.4, 0.5) is 0 Å². The van der Waals surface area contributed by atoms with Crippen molar-refractivity contribution >= 4 is 5.78 Å². The summed E-state index contributed by atoms with van der Waals surface area (Å²) in [6, 6.07) is 0. The predicted octanol–water partition coefficient (Wildman–Crippen LogP) is 5.87. The van der Waals surface area contributed by atoms with Crippen LogP contribution in [0.25, 0.3) is 0 Å². The summed E-state index contributed by atoms with van der Waals surface area (Å²) in [5, 5.41) is 0. The number of carbonyl (C=O) groups is 1. The van der Waals surface area contributed by atoms with Gasteiger partial charge in [0.1, 0.15) is 5.78 Å². The minimum atomic E-state index is 0.332. The summed E-state index contributed by atoms with van der Waals surface area (Å²) in [7, 11) is 0. The zero-order chi connectivity index (χ0) is 16.4. The molecule has 0 aromatic heterocycles. The number of hydrogen-bond acceptors (Lipinski definition) is 1. The Morgan fingerprint density at radius 3 is 2.30 bits per heavy atom. The molecule has 0 N–H and O–H groups in total. The van der Waals surface area contributed by atoms with Crippen LogP contribution in [-0.4, -0.2) is 5.78 Å². The zero-order valence-corrected chi connectivity index (χ0v) is 15.7. The quantitative estimate of drug-likeness (QED) is 0.591. The lowest BCUT2D eigenvalue weighted by Gasteiger charge is -2.61. The second kappa shape index (κ2) is 5.33. The van der Waals surface area contributed by atoms with Crippen molar-refractivity contribution in [3.8, 4) is 0 Å². The van der Waals surface area contributed by atoms with E-state index in [1.165, 1.54) is 57.8 Å². The van der Waals surface area contributed by atoms with E-state index >= 15 is 0 Å². The first-order valence-electron chi connectivity index (χ1n) is 10.4. The summed E-state index contributed by atoms with van der Waals surface area (Å²) in [5.41, 5.74) is 0.948. The zero-order valence-electron chi connectivity index (χ0n) is 15.7. The molecule has 4 saturated carbocycles. The molecule has 23 heavy (non-hydrogen) atoms. The fourth-order valence-corrected chi connectivity index (χ4v) is 8.14. The van der Waals surface area contributed by atoms with E-state index in [9.17, 15) is 4.79 Å². The summed E-state index contributed by atoms with van der Waals surface area (Å²) in [4.78, 5) is 12.2. The van der Waals surface area contributed by atoms with Gasteiger partial charge in [-0.1, -0.05) is 27.2 Å². The highest BCUT2D eigenvalue weighted by atomic mass is 16.1. The van der Waals surface area contributed by atoms with Gasteiger partial charge in [0.2, 0.25) is 0 Å². The molecular formula is C22H36O. The maximum Gasteiger partial charge on any atom is 0.133 e. The number of ketones is 1. The van der Waals surface area contributed by atoms with Crippen molar-refractivity contribution < 1.29 is 4.79 Å². The Morgan fingerprint density at radius 1 is 0.870 bits per heavy atom. The monoisotopic (exact) mass is 316 g/mol. The summed E-state index contributed by atoms with van der Waals surface area (Å²) in [5.74, 6) is 5.50. The lowest BCUT2D eigenvalue weighted by atomic mass is 9.44. The molecule has 1 nitrogen and oxygen atoms in total. The van der Waals surface area contributed by atoms with Crippen molar-refractivity contribution in [1.29, 1.82) is 0 Å². The first-order chi connectivity index (χ1) is 10.9. The van der Waals surface area contributed by atoms with Gasteiger partial charge in [-0.25, -0.2) is 0 Å². The highest BCUT2D eigenvalue weighted by molar-refractivity contribution is 5.79. The maximum absolute atomic E-state index is 12.2. The van der Waals surface area contributed by atoms with E-state index in [1.807, 2.05) is 6.92 Å². The molecule has 1 heteroatoms. The van der Waals surface area contributed by atoms with E-state index in [1.54, 1.807) is 0 Å². The van der Waals surface area contributed by atoms with Gasteiger partial charge in [-0.15, -0.1) is 0 Å². The molecule has 4 fully saturated rings. The normalized spacial score (nSPS) is 55.7. The van der Waals surface area contributed by atoms with Gasteiger partial charge in [-0.3, -0.25) is 4.79 Å². The van der Waals surface area contributed by atoms with Crippen LogP contribution in [0.15, 0.2) is 0 Å². The molecule has 0 bridgehead atoms. The average Bonchev–Trinajstić information content (AvgIpc) is 2.85. The van der Waals surface area contributed by atoms with Gasteiger partial charge < -0.3 is 0 Å². The topological polar surface area (TPSA) is 17.1 Å². The van der Waals surface area contributed by atoms with Crippen LogP contribution in [0.1, 0.15) is 85.5 Å². The van der Waals surface area contributed by atoms with Gasteiger partial charge in [-0.2, -0.15) is 0 Å². The molecule has 0 spiro atoms. The lowest BCUT2D eigenvalue weighted by molar-refractivity contribution is -0.135. The fourth-order valence-electron chi connectivity index (χ4n) is 8.14. The third-order valence-corrected chi connectivity index (χ3v) is 9.42. The van der Waals surface area contributed by atoms with Crippen LogP contribution in [0.2, 0.25) is 0 Å². The Bertz CT molecular complexity index is 496. The van der Waals surface area contributed by atoms with Crippen molar-refractivity contribution in [1.82, 2.24) is 0 Å². The van der Waals surface area contributed by atoms with E-state index in [-0.39, 0.29) is 0 Å². The Labute approximate surface area is 143 Å². The number of carbonyl (C=O) groups excluding carboxylic acids is 1. The third kappa shape index (κ3) is 2.20. The number of Topliss-reactive ketones (excluding diaryl/α,β-unsaturated/α-hetero) is 1. The molecule has 4 aliphatic carbocycles. The summed E-state index contributed by atoms with van der Waals surface area (Å²) < 4.78 is 0. The molecule has 0 radical (unpaired) electrons. The fraction of sp³-hybridized carbons (Fsp3) is 0.955. The minimum Gasteiger partial charge on any atom is -0.300 e. The molecule has 3 unspecified atom stereocenters. The van der Waals surface area contributed by atoms with Crippen molar-refractivity contribution in [2.75, 3.05) is 0 Å². The Morgan fingerprint density at radius 2 is 1.57 bits per heavy atom. The van der Waals surface area contributed by atoms with Crippen LogP contribution in [0.5, 0.6) is 0 Å². The van der Waals surface area contributed by atoms with Crippen LogP contribution in [0, 0.1) is 46.3 Å². The van der Waals surface area contributed by atoms with Crippen LogP contribution in [-0.2, 0) is 4.79 Å². The third-order valence-electron chi connectivity index (χ3n) is 9.42. The van der Waals surface area contributed by atoms with Crippen molar-refractivity contribution in [2.24, 2.45) is 46.3 Å². The Hall–Kier alpha value is -0.330. The van der Waals surface area contributed by atoms with Crippen molar-refractivity contribution in [2.45, 2.75) is 85.5 Å². The molecule has 0 saturated heterocycles. The Kier molecular flexibility index (Phi) is 3.75. The van der Waals surface area contributed by atoms with E-state index < -0.39 is 0 Å². The van der Waals surface area contributed by atoms with E-state index in [2.05, 4.69) is 20.8 Å². The lowest BCUT2D eigenvalue weighted by Crippen LogP contribution is -2.53. The SMILES string of the molecule is CC(=O)[C@H]1CCC2[C@@H]3CCC4C[C@@H](C)CC[C@]4(C)C3CC[C@@]21C. The second-order valence-corrected chi connectivity index (χ2v) is 10.3. The van der Waals surface area contributed by atoms with Crippen LogP contribution < -0.4 is 0 Å². The number of rotatable bonds is 1. The van der Waals surface area contributed by atoms with Crippen LogP contribution in [0.3, 0.4) is 0 Å². The molecule has 0 amide bonds. The van der Waals surface area contributed by atoms with Crippen molar-refractivity contribution in [3.05, 3.63) is 0 Å². The first-order valence-corrected chi connectivity index (χ1v) is 10.4.